The molecule has 2 heterocycles. The zero-order chi connectivity index (χ0) is 23.4. The van der Waals surface area contributed by atoms with Crippen LogP contribution in [0.2, 0.25) is 0 Å². The van der Waals surface area contributed by atoms with Crippen LogP contribution >= 0.6 is 0 Å². The molecule has 4 atom stereocenters. The molecule has 2 saturated heterocycles. The molecule has 4 unspecified atom stereocenters. The Morgan fingerprint density at radius 1 is 1.27 bits per heavy atom. The zero-order valence-electron chi connectivity index (χ0n) is 18.2. The number of ether oxygens (including phenoxy) is 2. The van der Waals surface area contributed by atoms with E-state index in [1.165, 1.54) is 0 Å². The molecule has 0 aromatic heterocycles. The minimum Gasteiger partial charge on any atom is -0.489 e. The first-order valence-electron chi connectivity index (χ1n) is 11.2. The Labute approximate surface area is 188 Å². The molecule has 6 rings (SSSR count). The van der Waals surface area contributed by atoms with Crippen molar-refractivity contribution in [2.45, 2.75) is 74.5 Å². The molecule has 5 N–H and O–H groups in total. The lowest BCUT2D eigenvalue weighted by molar-refractivity contribution is -0.275. The van der Waals surface area contributed by atoms with Crippen molar-refractivity contribution in [3.63, 3.8) is 0 Å². The lowest BCUT2D eigenvalue weighted by Crippen LogP contribution is -2.86. The van der Waals surface area contributed by atoms with Crippen molar-refractivity contribution in [3.8, 4) is 11.5 Å². The van der Waals surface area contributed by atoms with Gasteiger partial charge in [0, 0.05) is 36.3 Å². The molecule has 1 aromatic carbocycles. The van der Waals surface area contributed by atoms with Gasteiger partial charge in [0.2, 0.25) is 0 Å². The van der Waals surface area contributed by atoms with Gasteiger partial charge < -0.3 is 14.6 Å². The predicted octanol–water partition coefficient (Wildman–Crippen LogP) is 1.17. The summed E-state index contributed by atoms with van der Waals surface area (Å²) in [5.74, 6) is -2.12. The average molecular weight is 475 g/mol. The largest absolute Gasteiger partial charge is 0.573 e. The number of aliphatic hydroxyl groups is 1. The molecule has 3 aliphatic carbocycles. The summed E-state index contributed by atoms with van der Waals surface area (Å²) in [6, 6.07) is 3.69. The number of benzene rings is 1. The van der Waals surface area contributed by atoms with Crippen LogP contribution in [0.4, 0.5) is 17.6 Å². The fourth-order valence-corrected chi connectivity index (χ4v) is 5.86. The van der Waals surface area contributed by atoms with Gasteiger partial charge in [-0.25, -0.2) is 9.40 Å². The third-order valence-corrected chi connectivity index (χ3v) is 6.99. The summed E-state index contributed by atoms with van der Waals surface area (Å²) in [6.07, 6.45) is -1.97. The number of piperazine rings is 1. The number of hydrazine groups is 1. The maximum atomic E-state index is 13.8. The highest BCUT2D eigenvalue weighted by Crippen LogP contribution is 2.60. The van der Waals surface area contributed by atoms with Gasteiger partial charge in [-0.1, -0.05) is 0 Å². The minimum atomic E-state index is -4.98. The first-order chi connectivity index (χ1) is 15.5. The van der Waals surface area contributed by atoms with Crippen molar-refractivity contribution in [2.24, 2.45) is 0 Å². The number of hydrogen-bond donors (Lipinski definition) is 5. The summed E-state index contributed by atoms with van der Waals surface area (Å²) in [4.78, 5) is 0. The topological polar surface area (TPSA) is 90.0 Å². The van der Waals surface area contributed by atoms with Crippen LogP contribution in [0.25, 0.3) is 0 Å². The number of alkyl halides is 3. The van der Waals surface area contributed by atoms with Crippen LogP contribution in [-0.4, -0.2) is 71.7 Å². The summed E-state index contributed by atoms with van der Waals surface area (Å²) in [5, 5.41) is 23.2. The van der Waals surface area contributed by atoms with Crippen LogP contribution in [0.5, 0.6) is 11.5 Å². The molecule has 2 aliphatic heterocycles. The fraction of sp³-hybridized carbons (Fsp3) is 0.714. The maximum Gasteiger partial charge on any atom is 0.573 e. The van der Waals surface area contributed by atoms with Gasteiger partial charge in [0.25, 0.3) is 0 Å². The Morgan fingerprint density at radius 2 is 2.03 bits per heavy atom. The quantitative estimate of drug-likeness (QED) is 0.283. The molecule has 184 valence electrons. The Bertz CT molecular complexity index is 868. The number of fused-ring (bicyclic) bond motifs is 1. The molecule has 5 fully saturated rings. The van der Waals surface area contributed by atoms with E-state index in [1.807, 2.05) is 0 Å². The molecule has 12 heteroatoms. The van der Waals surface area contributed by atoms with Crippen molar-refractivity contribution < 1.29 is 32.1 Å². The second-order valence-electron chi connectivity index (χ2n) is 9.80. The molecule has 33 heavy (non-hydrogen) atoms. The van der Waals surface area contributed by atoms with E-state index in [-0.39, 0.29) is 29.6 Å². The normalized spacial score (nSPS) is 36.5. The highest BCUT2D eigenvalue weighted by atomic mass is 19.4. The third kappa shape index (κ3) is 4.77. The summed E-state index contributed by atoms with van der Waals surface area (Å²) < 4.78 is 59.4. The molecule has 1 aromatic rings. The smallest absolute Gasteiger partial charge is 0.489 e. The van der Waals surface area contributed by atoms with Gasteiger partial charge in [0.1, 0.15) is 18.6 Å². The highest BCUT2D eigenvalue weighted by molar-refractivity contribution is 5.33. The van der Waals surface area contributed by atoms with Crippen molar-refractivity contribution in [3.05, 3.63) is 24.0 Å². The molecule has 0 spiro atoms. The molecule has 8 nitrogen and oxygen atoms in total. The molecule has 3 saturated carbocycles. The molecule has 5 aliphatic rings. The monoisotopic (exact) mass is 475 g/mol. The fourth-order valence-electron chi connectivity index (χ4n) is 5.86. The number of nitrogens with one attached hydrogen (secondary N) is 4. The van der Waals surface area contributed by atoms with Gasteiger partial charge in [-0.3, -0.25) is 21.4 Å². The summed E-state index contributed by atoms with van der Waals surface area (Å²) in [7, 11) is 0. The van der Waals surface area contributed by atoms with Crippen LogP contribution in [0.1, 0.15) is 32.6 Å². The number of nitrogens with zero attached hydrogens (tertiary/aromatic N) is 1. The zero-order valence-corrected chi connectivity index (χ0v) is 18.2. The van der Waals surface area contributed by atoms with Gasteiger partial charge >= 0.3 is 6.36 Å². The minimum absolute atomic E-state index is 0.00550. The van der Waals surface area contributed by atoms with E-state index in [4.69, 9.17) is 4.74 Å². The van der Waals surface area contributed by atoms with Crippen molar-refractivity contribution in [1.29, 1.82) is 0 Å². The first kappa shape index (κ1) is 23.1. The van der Waals surface area contributed by atoms with E-state index < -0.39 is 24.2 Å². The Hall–Kier alpha value is -1.70. The van der Waals surface area contributed by atoms with E-state index >= 15 is 0 Å². The van der Waals surface area contributed by atoms with E-state index in [0.29, 0.717) is 12.1 Å². The lowest BCUT2D eigenvalue weighted by atomic mass is 9.44. The van der Waals surface area contributed by atoms with Gasteiger partial charge in [-0.2, -0.15) is 0 Å². The van der Waals surface area contributed by atoms with Crippen molar-refractivity contribution in [1.82, 2.24) is 26.4 Å². The van der Waals surface area contributed by atoms with E-state index in [2.05, 4.69) is 38.0 Å². The summed E-state index contributed by atoms with van der Waals surface area (Å²) >= 11 is 0. The maximum absolute atomic E-state index is 13.8. The molecule has 2 bridgehead atoms. The number of hydrogen-bond acceptors (Lipinski definition) is 8. The van der Waals surface area contributed by atoms with Crippen LogP contribution in [0.15, 0.2) is 18.2 Å². The predicted molar refractivity (Wildman–Crippen MR) is 110 cm³/mol. The van der Waals surface area contributed by atoms with Crippen LogP contribution < -0.4 is 30.8 Å². The average Bonchev–Trinajstić information content (AvgIpc) is 3.06. The van der Waals surface area contributed by atoms with Gasteiger partial charge in [0.15, 0.2) is 11.6 Å². The van der Waals surface area contributed by atoms with E-state index in [1.54, 1.807) is 0 Å². The third-order valence-electron chi connectivity index (χ3n) is 6.99. The molecular formula is C21H29F4N5O3. The molecule has 0 amide bonds. The second kappa shape index (κ2) is 8.21. The van der Waals surface area contributed by atoms with Gasteiger partial charge in [-0.05, 0) is 44.7 Å². The first-order valence-corrected chi connectivity index (χ1v) is 11.2. The van der Waals surface area contributed by atoms with E-state index in [0.717, 1.165) is 57.0 Å². The highest BCUT2D eigenvalue weighted by Gasteiger charge is 2.68. The SMILES string of the molecule is CC1CC2C(NC34CC(NC(O)COc5ccc(OC(F)(F)F)c(F)c5)(C3)C4)NCCN2N1. The van der Waals surface area contributed by atoms with Crippen molar-refractivity contribution >= 4 is 0 Å². The molecule has 0 radical (unpaired) electrons. The van der Waals surface area contributed by atoms with Gasteiger partial charge in [-0.15, -0.1) is 13.2 Å². The standard InChI is InChI=1S/C21H29F4N5O3/c1-12-6-15-18(26-4-5-30(15)29-12)28-20-9-19(10-20,11-20)27-17(31)8-32-13-2-3-16(14(22)7-13)33-21(23,24)25/h2-3,7,12,15,17-18,26-29,31H,4-6,8-11H2,1H3. The lowest BCUT2D eigenvalue weighted by Gasteiger charge is -2.72. The Balaban J connectivity index is 1.06. The van der Waals surface area contributed by atoms with Gasteiger partial charge in [0.05, 0.1) is 12.2 Å². The Kier molecular flexibility index (Phi) is 5.73. The summed E-state index contributed by atoms with van der Waals surface area (Å²) in [5.41, 5.74) is 3.43. The summed E-state index contributed by atoms with van der Waals surface area (Å²) in [6.45, 7) is 3.94. The van der Waals surface area contributed by atoms with Crippen molar-refractivity contribution in [2.75, 3.05) is 19.7 Å². The van der Waals surface area contributed by atoms with Crippen LogP contribution in [-0.2, 0) is 0 Å². The van der Waals surface area contributed by atoms with Crippen LogP contribution in [0.3, 0.4) is 0 Å². The number of aliphatic hydroxyl groups excluding tert-OH is 1. The van der Waals surface area contributed by atoms with Crippen LogP contribution in [0, 0.1) is 5.82 Å². The second-order valence-corrected chi connectivity index (χ2v) is 9.80. The number of halogens is 4. The van der Waals surface area contributed by atoms with E-state index in [9.17, 15) is 22.7 Å². The molecular weight excluding hydrogens is 446 g/mol. The Morgan fingerprint density at radius 3 is 2.73 bits per heavy atom. The number of rotatable bonds is 8.